The SMILES string of the molecule is C[C@@]12C(=O)N([C@@H](CCCN=C(N)N)C(=O)O)C(=O)[C@]1(C)[C@H]1CC[C@@H]2O1. The Balaban J connectivity index is 1.86. The lowest BCUT2D eigenvalue weighted by Crippen LogP contribution is -2.48. The summed E-state index contributed by atoms with van der Waals surface area (Å²) < 4.78 is 5.84. The second kappa shape index (κ2) is 5.69. The summed E-state index contributed by atoms with van der Waals surface area (Å²) in [6.45, 7) is 3.70. The molecule has 0 aromatic rings. The predicted molar refractivity (Wildman–Crippen MR) is 87.3 cm³/mol. The number of likely N-dealkylation sites (tertiary alicyclic amines) is 1. The number of nitrogens with two attached hydrogens (primary N) is 2. The van der Waals surface area contributed by atoms with Gasteiger partial charge in [0.15, 0.2) is 5.96 Å². The van der Waals surface area contributed by atoms with E-state index in [0.717, 1.165) is 4.90 Å². The molecule has 3 rings (SSSR count). The zero-order valence-corrected chi connectivity index (χ0v) is 14.4. The standard InChI is InChI=1S/C16H24N4O5/c1-15-9-5-6-10(25-9)16(15,2)13(24)20(12(15)23)8(11(21)22)4-3-7-19-14(17)18/h8-10H,3-7H2,1-2H3,(H,21,22)(H4,17,18,19)/t8-,9-,10+,15+,16-/m0/s1. The van der Waals surface area contributed by atoms with Crippen molar-refractivity contribution < 1.29 is 24.2 Å². The fraction of sp³-hybridized carbons (Fsp3) is 0.750. The summed E-state index contributed by atoms with van der Waals surface area (Å²) in [5, 5.41) is 9.59. The maximum Gasteiger partial charge on any atom is 0.326 e. The van der Waals surface area contributed by atoms with E-state index in [0.29, 0.717) is 19.3 Å². The second-order valence-electron chi connectivity index (χ2n) is 7.38. The zero-order chi connectivity index (χ0) is 18.6. The fourth-order valence-electron chi connectivity index (χ4n) is 4.61. The topological polar surface area (TPSA) is 148 Å². The van der Waals surface area contributed by atoms with Gasteiger partial charge in [0.1, 0.15) is 6.04 Å². The lowest BCUT2D eigenvalue weighted by atomic mass is 9.59. The predicted octanol–water partition coefficient (Wildman–Crippen LogP) is -0.564. The van der Waals surface area contributed by atoms with Crippen LogP contribution < -0.4 is 11.5 Å². The Morgan fingerprint density at radius 3 is 2.24 bits per heavy atom. The van der Waals surface area contributed by atoms with Crippen LogP contribution in [0, 0.1) is 10.8 Å². The van der Waals surface area contributed by atoms with Crippen LogP contribution in [-0.2, 0) is 19.1 Å². The van der Waals surface area contributed by atoms with E-state index in [4.69, 9.17) is 16.2 Å². The first kappa shape index (κ1) is 17.7. The molecule has 3 fully saturated rings. The van der Waals surface area contributed by atoms with E-state index in [1.54, 1.807) is 13.8 Å². The molecule has 25 heavy (non-hydrogen) atoms. The number of nitrogens with zero attached hydrogens (tertiary/aromatic N) is 2. The number of carboxylic acid groups (broad SMARTS) is 1. The number of aliphatic imine (C=N–C) groups is 1. The number of carboxylic acids is 1. The Kier molecular flexibility index (Phi) is 4.02. The second-order valence-corrected chi connectivity index (χ2v) is 7.38. The van der Waals surface area contributed by atoms with Crippen LogP contribution in [0.25, 0.3) is 0 Å². The number of aliphatic carboxylic acids is 1. The molecule has 2 amide bonds. The van der Waals surface area contributed by atoms with Gasteiger partial charge >= 0.3 is 5.97 Å². The molecule has 0 aromatic heterocycles. The molecular weight excluding hydrogens is 328 g/mol. The molecule has 9 heteroatoms. The highest BCUT2D eigenvalue weighted by Gasteiger charge is 2.77. The van der Waals surface area contributed by atoms with Crippen LogP contribution in [0.15, 0.2) is 4.99 Å². The number of fused-ring (bicyclic) bond motifs is 5. The number of hydrogen-bond donors (Lipinski definition) is 3. The Morgan fingerprint density at radius 1 is 1.28 bits per heavy atom. The van der Waals surface area contributed by atoms with Gasteiger partial charge < -0.3 is 21.3 Å². The van der Waals surface area contributed by atoms with Gasteiger partial charge in [-0.25, -0.2) is 4.79 Å². The molecule has 0 unspecified atom stereocenters. The average molecular weight is 352 g/mol. The molecule has 0 saturated carbocycles. The van der Waals surface area contributed by atoms with Crippen LogP contribution in [0.4, 0.5) is 0 Å². The summed E-state index contributed by atoms with van der Waals surface area (Å²) >= 11 is 0. The van der Waals surface area contributed by atoms with Gasteiger partial charge in [-0.1, -0.05) is 0 Å². The smallest absolute Gasteiger partial charge is 0.326 e. The molecule has 3 aliphatic heterocycles. The summed E-state index contributed by atoms with van der Waals surface area (Å²) in [7, 11) is 0. The molecular formula is C16H24N4O5. The minimum atomic E-state index is -1.21. The van der Waals surface area contributed by atoms with E-state index < -0.39 is 34.7 Å². The molecule has 0 spiro atoms. The van der Waals surface area contributed by atoms with Gasteiger partial charge in [0, 0.05) is 6.54 Å². The van der Waals surface area contributed by atoms with Crippen molar-refractivity contribution in [1.29, 1.82) is 0 Å². The summed E-state index contributed by atoms with van der Waals surface area (Å²) in [4.78, 5) is 42.7. The molecule has 3 saturated heterocycles. The molecule has 3 aliphatic rings. The minimum Gasteiger partial charge on any atom is -0.480 e. The molecule has 0 aromatic carbocycles. The van der Waals surface area contributed by atoms with Crippen molar-refractivity contribution in [2.45, 2.75) is 57.8 Å². The number of ether oxygens (including phenoxy) is 1. The van der Waals surface area contributed by atoms with Crippen molar-refractivity contribution >= 4 is 23.7 Å². The monoisotopic (exact) mass is 352 g/mol. The van der Waals surface area contributed by atoms with Gasteiger partial charge in [-0.3, -0.25) is 19.5 Å². The molecule has 0 radical (unpaired) electrons. The number of carbonyl (C=O) groups is 3. The van der Waals surface area contributed by atoms with Crippen LogP contribution in [0.3, 0.4) is 0 Å². The Labute approximate surface area is 145 Å². The number of rotatable bonds is 6. The van der Waals surface area contributed by atoms with Crippen molar-refractivity contribution in [3.05, 3.63) is 0 Å². The van der Waals surface area contributed by atoms with Crippen LogP contribution in [0.5, 0.6) is 0 Å². The third-order valence-electron chi connectivity index (χ3n) is 6.24. The quantitative estimate of drug-likeness (QED) is 0.251. The summed E-state index contributed by atoms with van der Waals surface area (Å²) in [5.41, 5.74) is 8.50. The van der Waals surface area contributed by atoms with Crippen LogP contribution in [0.2, 0.25) is 0 Å². The third kappa shape index (κ3) is 2.18. The number of amides is 2. The lowest BCUT2D eigenvalue weighted by Gasteiger charge is -2.36. The highest BCUT2D eigenvalue weighted by atomic mass is 16.5. The molecule has 2 bridgehead atoms. The summed E-state index contributed by atoms with van der Waals surface area (Å²) in [6, 6.07) is -1.21. The van der Waals surface area contributed by atoms with Crippen molar-refractivity contribution in [2.75, 3.05) is 6.54 Å². The normalized spacial score (nSPS) is 37.3. The number of imide groups is 1. The molecule has 5 N–H and O–H groups in total. The maximum atomic E-state index is 13.1. The van der Waals surface area contributed by atoms with Gasteiger partial charge in [-0.2, -0.15) is 0 Å². The van der Waals surface area contributed by atoms with Crippen molar-refractivity contribution in [3.63, 3.8) is 0 Å². The molecule has 0 aliphatic carbocycles. The first-order chi connectivity index (χ1) is 11.7. The van der Waals surface area contributed by atoms with E-state index in [9.17, 15) is 19.5 Å². The van der Waals surface area contributed by atoms with Crippen LogP contribution in [0.1, 0.15) is 39.5 Å². The van der Waals surface area contributed by atoms with Crippen molar-refractivity contribution in [2.24, 2.45) is 27.3 Å². The molecule has 3 heterocycles. The third-order valence-corrected chi connectivity index (χ3v) is 6.24. The van der Waals surface area contributed by atoms with Gasteiger partial charge in [-0.15, -0.1) is 0 Å². The molecule has 5 atom stereocenters. The van der Waals surface area contributed by atoms with E-state index in [1.807, 2.05) is 0 Å². The van der Waals surface area contributed by atoms with Gasteiger partial charge in [0.05, 0.1) is 23.0 Å². The molecule has 9 nitrogen and oxygen atoms in total. The van der Waals surface area contributed by atoms with E-state index in [2.05, 4.69) is 4.99 Å². The Morgan fingerprint density at radius 2 is 1.80 bits per heavy atom. The van der Waals surface area contributed by atoms with Crippen molar-refractivity contribution in [1.82, 2.24) is 4.90 Å². The van der Waals surface area contributed by atoms with Gasteiger partial charge in [-0.05, 0) is 39.5 Å². The summed E-state index contributed by atoms with van der Waals surface area (Å²) in [5.74, 6) is -2.17. The zero-order valence-electron chi connectivity index (χ0n) is 14.4. The van der Waals surface area contributed by atoms with Crippen LogP contribution >= 0.6 is 0 Å². The first-order valence-corrected chi connectivity index (χ1v) is 8.47. The van der Waals surface area contributed by atoms with E-state index in [1.165, 1.54) is 0 Å². The maximum absolute atomic E-state index is 13.1. The highest BCUT2D eigenvalue weighted by molar-refractivity contribution is 6.12. The summed E-state index contributed by atoms with van der Waals surface area (Å²) in [6.07, 6.45) is 1.21. The minimum absolute atomic E-state index is 0.0801. The van der Waals surface area contributed by atoms with E-state index >= 15 is 0 Å². The number of hydrogen-bond acceptors (Lipinski definition) is 5. The number of carbonyl (C=O) groups excluding carboxylic acids is 2. The van der Waals surface area contributed by atoms with Crippen LogP contribution in [-0.4, -0.2) is 58.5 Å². The fourth-order valence-corrected chi connectivity index (χ4v) is 4.61. The van der Waals surface area contributed by atoms with Crippen molar-refractivity contribution in [3.8, 4) is 0 Å². The highest BCUT2D eigenvalue weighted by Crippen LogP contribution is 2.64. The first-order valence-electron chi connectivity index (χ1n) is 8.47. The van der Waals surface area contributed by atoms with Gasteiger partial charge in [0.25, 0.3) is 0 Å². The molecule has 138 valence electrons. The number of guanidine groups is 1. The average Bonchev–Trinajstić information content (AvgIpc) is 3.15. The van der Waals surface area contributed by atoms with E-state index in [-0.39, 0.29) is 31.1 Å². The Bertz CT molecular complexity index is 627. The lowest BCUT2D eigenvalue weighted by molar-refractivity contribution is -0.158. The Hall–Kier alpha value is -2.16. The van der Waals surface area contributed by atoms with Gasteiger partial charge in [0.2, 0.25) is 11.8 Å². The largest absolute Gasteiger partial charge is 0.480 e.